The number of hydrogen-bond acceptors (Lipinski definition) is 5. The average molecular weight is 414 g/mol. The van der Waals surface area contributed by atoms with Gasteiger partial charge in [-0.2, -0.15) is 4.31 Å². The fourth-order valence-electron chi connectivity index (χ4n) is 2.29. The summed E-state index contributed by atoms with van der Waals surface area (Å²) < 4.78 is 25.6. The molecule has 1 aliphatic heterocycles. The van der Waals surface area contributed by atoms with Crippen molar-refractivity contribution in [1.29, 1.82) is 0 Å². The van der Waals surface area contributed by atoms with Gasteiger partial charge in [-0.05, 0) is 29.8 Å². The van der Waals surface area contributed by atoms with Crippen molar-refractivity contribution in [2.45, 2.75) is 6.61 Å². The molecule has 9 heteroatoms. The highest BCUT2D eigenvalue weighted by Gasteiger charge is 2.43. The zero-order chi connectivity index (χ0) is 18.9. The maximum atomic E-state index is 12.1. The van der Waals surface area contributed by atoms with Crippen LogP contribution in [-0.2, 0) is 16.1 Å². The van der Waals surface area contributed by atoms with Gasteiger partial charge >= 0.3 is 5.97 Å². The number of carbonyl (C=O) groups is 2. The number of amides is 1. The smallest absolute Gasteiger partial charge is 0.338 e. The molecular weight excluding hydrogens is 401 g/mol. The fraction of sp³-hybridized carbons (Fsp3) is 0.0588. The molecule has 1 aliphatic rings. The van der Waals surface area contributed by atoms with E-state index in [-0.39, 0.29) is 17.9 Å². The first-order chi connectivity index (χ1) is 12.3. The van der Waals surface area contributed by atoms with E-state index in [1.807, 2.05) is 30.3 Å². The third kappa shape index (κ3) is 3.44. The second kappa shape index (κ2) is 7.30. The van der Waals surface area contributed by atoms with Crippen LogP contribution in [0.1, 0.15) is 15.9 Å². The second-order valence-electron chi connectivity index (χ2n) is 5.31. The predicted molar refractivity (Wildman–Crippen MR) is 101 cm³/mol. The standard InChI is InChI=1S/C17H13Cl2NO5S/c18-14-15(19)26(23,24)20(16(14)21)13-8-6-12(7-9-13)17(22)25-10-11-4-2-1-3-5-11/h1-9,23-24H,10H2. The normalized spacial score (nSPS) is 17.4. The number of nitrogens with zero attached hydrogens (tertiary/aromatic N) is 1. The van der Waals surface area contributed by atoms with E-state index in [2.05, 4.69) is 0 Å². The SMILES string of the molecule is O=C(OCc1ccccc1)c1ccc(N2C(=O)C(Cl)=C(Cl)S2(O)O)cc1. The van der Waals surface area contributed by atoms with E-state index in [4.69, 9.17) is 27.9 Å². The monoisotopic (exact) mass is 413 g/mol. The van der Waals surface area contributed by atoms with E-state index in [1.165, 1.54) is 24.3 Å². The summed E-state index contributed by atoms with van der Waals surface area (Å²) in [4.78, 5) is 24.2. The zero-order valence-corrected chi connectivity index (χ0v) is 15.5. The number of anilines is 1. The van der Waals surface area contributed by atoms with Crippen molar-refractivity contribution in [2.24, 2.45) is 0 Å². The number of hydrogen-bond donors (Lipinski definition) is 2. The van der Waals surface area contributed by atoms with Crippen molar-refractivity contribution in [3.05, 3.63) is 75.1 Å². The summed E-state index contributed by atoms with van der Waals surface area (Å²) in [7, 11) is -3.72. The molecule has 0 bridgehead atoms. The maximum Gasteiger partial charge on any atom is 0.338 e. The van der Waals surface area contributed by atoms with E-state index in [1.54, 1.807) is 0 Å². The molecule has 0 saturated carbocycles. The summed E-state index contributed by atoms with van der Waals surface area (Å²) >= 11 is 11.4. The number of benzene rings is 2. The Bertz CT molecular complexity index is 884. The fourth-order valence-corrected chi connectivity index (χ4v) is 4.25. The molecule has 0 saturated heterocycles. The van der Waals surface area contributed by atoms with Crippen LogP contribution in [0.15, 0.2) is 64.0 Å². The number of rotatable bonds is 4. The zero-order valence-electron chi connectivity index (χ0n) is 13.1. The van der Waals surface area contributed by atoms with Crippen LogP contribution in [0.25, 0.3) is 0 Å². The first-order valence-electron chi connectivity index (χ1n) is 7.31. The lowest BCUT2D eigenvalue weighted by Gasteiger charge is -2.36. The molecule has 0 aliphatic carbocycles. The lowest BCUT2D eigenvalue weighted by Crippen LogP contribution is -2.28. The third-order valence-electron chi connectivity index (χ3n) is 3.59. The van der Waals surface area contributed by atoms with Gasteiger partial charge in [0, 0.05) is 0 Å². The molecule has 1 amide bonds. The van der Waals surface area contributed by atoms with Gasteiger partial charge in [0.15, 0.2) is 4.36 Å². The highest BCUT2D eigenvalue weighted by Crippen LogP contribution is 2.61. The molecule has 136 valence electrons. The Morgan fingerprint density at radius 2 is 1.65 bits per heavy atom. The Labute approximate surface area is 161 Å². The van der Waals surface area contributed by atoms with Crippen molar-refractivity contribution in [2.75, 3.05) is 4.31 Å². The Kier molecular flexibility index (Phi) is 5.27. The molecule has 0 spiro atoms. The molecule has 2 N–H and O–H groups in total. The molecule has 0 radical (unpaired) electrons. The number of halogens is 2. The Morgan fingerprint density at radius 3 is 2.19 bits per heavy atom. The highest BCUT2D eigenvalue weighted by atomic mass is 35.5. The molecule has 0 atom stereocenters. The molecule has 1 heterocycles. The largest absolute Gasteiger partial charge is 0.457 e. The minimum Gasteiger partial charge on any atom is -0.457 e. The summed E-state index contributed by atoms with van der Waals surface area (Å²) in [6.07, 6.45) is 0. The van der Waals surface area contributed by atoms with Crippen LogP contribution in [0.4, 0.5) is 5.69 Å². The molecule has 6 nitrogen and oxygen atoms in total. The van der Waals surface area contributed by atoms with Gasteiger partial charge in [-0.15, -0.1) is 0 Å². The van der Waals surface area contributed by atoms with Gasteiger partial charge in [0.1, 0.15) is 11.6 Å². The molecule has 2 aromatic rings. The summed E-state index contributed by atoms with van der Waals surface area (Å²) in [6, 6.07) is 14.8. The second-order valence-corrected chi connectivity index (χ2v) is 8.11. The van der Waals surface area contributed by atoms with Gasteiger partial charge < -0.3 is 4.74 Å². The van der Waals surface area contributed by atoms with Crippen LogP contribution in [0, 0.1) is 0 Å². The Balaban J connectivity index is 1.73. The van der Waals surface area contributed by atoms with Crippen molar-refractivity contribution < 1.29 is 23.4 Å². The highest BCUT2D eigenvalue weighted by molar-refractivity contribution is 8.30. The quantitative estimate of drug-likeness (QED) is 0.708. The first-order valence-corrected chi connectivity index (χ1v) is 9.57. The topological polar surface area (TPSA) is 87.1 Å². The lowest BCUT2D eigenvalue weighted by atomic mass is 10.2. The summed E-state index contributed by atoms with van der Waals surface area (Å²) in [6.45, 7) is 0.127. The molecule has 26 heavy (non-hydrogen) atoms. The van der Waals surface area contributed by atoms with Gasteiger partial charge in [-0.1, -0.05) is 64.3 Å². The third-order valence-corrected chi connectivity index (χ3v) is 6.53. The van der Waals surface area contributed by atoms with Crippen LogP contribution >= 0.6 is 34.0 Å². The predicted octanol–water partition coefficient (Wildman–Crippen LogP) is 4.70. The van der Waals surface area contributed by atoms with Gasteiger partial charge in [0.05, 0.1) is 11.3 Å². The van der Waals surface area contributed by atoms with Crippen LogP contribution in [0.3, 0.4) is 0 Å². The molecule has 3 rings (SSSR count). The maximum absolute atomic E-state index is 12.1. The molecule has 2 aromatic carbocycles. The molecule has 0 fully saturated rings. The number of ether oxygens (including phenoxy) is 1. The van der Waals surface area contributed by atoms with Crippen molar-refractivity contribution in [3.63, 3.8) is 0 Å². The minimum absolute atomic E-state index is 0.127. The van der Waals surface area contributed by atoms with Crippen molar-refractivity contribution in [3.8, 4) is 0 Å². The summed E-state index contributed by atoms with van der Waals surface area (Å²) in [5.74, 6) is -1.37. The Morgan fingerprint density at radius 1 is 1.04 bits per heavy atom. The van der Waals surface area contributed by atoms with E-state index >= 15 is 0 Å². The van der Waals surface area contributed by atoms with Gasteiger partial charge in [0.25, 0.3) is 5.91 Å². The van der Waals surface area contributed by atoms with Gasteiger partial charge in [0.2, 0.25) is 0 Å². The van der Waals surface area contributed by atoms with E-state index in [9.17, 15) is 18.7 Å². The minimum atomic E-state index is -3.72. The number of esters is 1. The average Bonchev–Trinajstić information content (AvgIpc) is 2.80. The van der Waals surface area contributed by atoms with Gasteiger partial charge in [-0.25, -0.2) is 4.79 Å². The molecule has 0 aromatic heterocycles. The van der Waals surface area contributed by atoms with Crippen molar-refractivity contribution >= 4 is 51.5 Å². The molecular formula is C17H13Cl2NO5S. The van der Waals surface area contributed by atoms with E-state index < -0.39 is 32.0 Å². The van der Waals surface area contributed by atoms with Crippen LogP contribution in [0.5, 0.6) is 0 Å². The first kappa shape index (κ1) is 18.8. The van der Waals surface area contributed by atoms with Crippen molar-refractivity contribution in [1.82, 2.24) is 0 Å². The summed E-state index contributed by atoms with van der Waals surface area (Å²) in [5, 5.41) is -0.446. The van der Waals surface area contributed by atoms with E-state index in [0.717, 1.165) is 5.56 Å². The molecule has 0 unspecified atom stereocenters. The number of carbonyl (C=O) groups excluding carboxylic acids is 2. The van der Waals surface area contributed by atoms with Crippen LogP contribution in [0.2, 0.25) is 0 Å². The van der Waals surface area contributed by atoms with E-state index in [0.29, 0.717) is 4.31 Å². The Hall–Kier alpha value is -2.03. The van der Waals surface area contributed by atoms with Crippen LogP contribution in [-0.4, -0.2) is 21.0 Å². The lowest BCUT2D eigenvalue weighted by molar-refractivity contribution is -0.113. The van der Waals surface area contributed by atoms with Gasteiger partial charge in [-0.3, -0.25) is 13.9 Å². The van der Waals surface area contributed by atoms with Crippen LogP contribution < -0.4 is 4.31 Å². The summed E-state index contributed by atoms with van der Waals surface area (Å²) in [5.41, 5.74) is 1.24.